The van der Waals surface area contributed by atoms with E-state index in [0.29, 0.717) is 0 Å². The molecule has 69 heavy (non-hydrogen) atoms. The van der Waals surface area contributed by atoms with Crippen molar-refractivity contribution in [2.24, 2.45) is 0 Å². The van der Waals surface area contributed by atoms with Crippen molar-refractivity contribution in [3.05, 3.63) is 242 Å². The van der Waals surface area contributed by atoms with E-state index >= 15 is 0 Å². The van der Waals surface area contributed by atoms with E-state index in [-0.39, 0.29) is 5.41 Å². The van der Waals surface area contributed by atoms with Gasteiger partial charge in [-0.1, -0.05) is 195 Å². The molecule has 0 unspecified atom stereocenters. The summed E-state index contributed by atoms with van der Waals surface area (Å²) >= 11 is 0. The number of nitrogens with zero attached hydrogens (tertiary/aromatic N) is 2. The van der Waals surface area contributed by atoms with Gasteiger partial charge in [0.2, 0.25) is 0 Å². The summed E-state index contributed by atoms with van der Waals surface area (Å²) in [6.45, 7) is 0. The lowest BCUT2D eigenvalue weighted by Gasteiger charge is -2.30. The molecule has 1 aliphatic heterocycles. The zero-order chi connectivity index (χ0) is 45.2. The summed E-state index contributed by atoms with van der Waals surface area (Å²) in [6, 6.07) is 86.5. The first-order chi connectivity index (χ1) is 34.2. The number of anilines is 3. The van der Waals surface area contributed by atoms with Gasteiger partial charge in [0.05, 0.1) is 28.1 Å². The minimum Gasteiger partial charge on any atom is -0.309 e. The highest BCUT2D eigenvalue weighted by molar-refractivity contribution is 6.20. The predicted octanol–water partition coefficient (Wildman–Crippen LogP) is 18.4. The number of fused-ring (bicyclic) bond motifs is 10. The number of benzene rings is 11. The van der Waals surface area contributed by atoms with Crippen LogP contribution < -0.4 is 4.90 Å². The maximum atomic E-state index is 2.60. The zero-order valence-corrected chi connectivity index (χ0v) is 38.2. The van der Waals surface area contributed by atoms with Gasteiger partial charge in [0, 0.05) is 44.1 Å². The average molecular weight is 879 g/mol. The van der Waals surface area contributed by atoms with Crippen LogP contribution in [0.2, 0.25) is 0 Å². The second-order valence-corrected chi connectivity index (χ2v) is 19.5. The van der Waals surface area contributed by atoms with E-state index in [1.807, 2.05) is 0 Å². The molecule has 1 aromatic heterocycles. The number of rotatable bonds is 6. The van der Waals surface area contributed by atoms with Crippen LogP contribution in [0.4, 0.5) is 17.1 Å². The van der Waals surface area contributed by atoms with Crippen LogP contribution in [0.1, 0.15) is 36.8 Å². The Kier molecular flexibility index (Phi) is 8.27. The smallest absolute Gasteiger partial charge is 0.0623 e. The molecule has 0 radical (unpaired) electrons. The molecule has 2 heterocycles. The lowest BCUT2D eigenvalue weighted by atomic mass is 9.73. The first kappa shape index (κ1) is 38.6. The van der Waals surface area contributed by atoms with Gasteiger partial charge in [-0.05, 0) is 127 Å². The normalized spacial score (nSPS) is 14.0. The third-order valence-electron chi connectivity index (χ3n) is 16.0. The minimum atomic E-state index is -0.0260. The molecule has 0 amide bonds. The van der Waals surface area contributed by atoms with Crippen molar-refractivity contribution in [1.29, 1.82) is 0 Å². The Morgan fingerprint density at radius 3 is 1.70 bits per heavy atom. The quantitative estimate of drug-likeness (QED) is 0.162. The molecule has 324 valence electrons. The lowest BCUT2D eigenvalue weighted by Crippen LogP contribution is -2.21. The third kappa shape index (κ3) is 5.55. The molecule has 12 aromatic rings. The van der Waals surface area contributed by atoms with Crippen molar-refractivity contribution in [2.45, 2.75) is 31.1 Å². The molecule has 1 spiro atoms. The van der Waals surface area contributed by atoms with Gasteiger partial charge in [-0.15, -0.1) is 0 Å². The Hall–Kier alpha value is -8.46. The van der Waals surface area contributed by atoms with E-state index < -0.39 is 0 Å². The van der Waals surface area contributed by atoms with Gasteiger partial charge >= 0.3 is 0 Å². The molecule has 0 atom stereocenters. The molecule has 0 bridgehead atoms. The predicted molar refractivity (Wildman–Crippen MR) is 290 cm³/mol. The van der Waals surface area contributed by atoms with Crippen LogP contribution in [-0.4, -0.2) is 4.57 Å². The maximum absolute atomic E-state index is 2.60. The van der Waals surface area contributed by atoms with Crippen LogP contribution in [0.25, 0.3) is 105 Å². The number of para-hydroxylation sites is 4. The summed E-state index contributed by atoms with van der Waals surface area (Å²) in [4.78, 5) is 2.48. The highest BCUT2D eigenvalue weighted by Crippen LogP contribution is 2.64. The van der Waals surface area contributed by atoms with Crippen LogP contribution in [0.3, 0.4) is 0 Å². The molecule has 1 saturated carbocycles. The van der Waals surface area contributed by atoms with E-state index in [1.54, 1.807) is 0 Å². The van der Waals surface area contributed by atoms with Crippen LogP contribution in [0, 0.1) is 0 Å². The topological polar surface area (TPSA) is 8.17 Å². The van der Waals surface area contributed by atoms with E-state index in [9.17, 15) is 0 Å². The van der Waals surface area contributed by atoms with Crippen molar-refractivity contribution in [1.82, 2.24) is 4.57 Å². The molecule has 1 fully saturated rings. The molecule has 0 saturated heterocycles. The van der Waals surface area contributed by atoms with Gasteiger partial charge in [0.1, 0.15) is 0 Å². The first-order valence-electron chi connectivity index (χ1n) is 24.6. The summed E-state index contributed by atoms with van der Waals surface area (Å²) in [7, 11) is 0. The zero-order valence-electron chi connectivity index (χ0n) is 38.2. The number of aromatic nitrogens is 1. The van der Waals surface area contributed by atoms with E-state index in [1.165, 1.54) is 141 Å². The van der Waals surface area contributed by atoms with Crippen molar-refractivity contribution < 1.29 is 0 Å². The van der Waals surface area contributed by atoms with Crippen molar-refractivity contribution in [2.75, 3.05) is 4.90 Å². The Balaban J connectivity index is 0.935. The van der Waals surface area contributed by atoms with E-state index in [0.717, 1.165) is 17.1 Å². The third-order valence-corrected chi connectivity index (χ3v) is 16.0. The lowest BCUT2D eigenvalue weighted by molar-refractivity contribution is 0.551. The van der Waals surface area contributed by atoms with Gasteiger partial charge < -0.3 is 9.47 Å². The van der Waals surface area contributed by atoms with Crippen LogP contribution in [0.15, 0.2) is 231 Å². The standard InChI is InChI=1S/C67H46N2/c1-3-18-47-40-49(35-30-43(47)16-1)52-21-6-10-27-60(52)68(50-37-36-44-17-2-4-19-48(44)41-50)59-26-9-5-20-51(59)45-31-33-46(34-32-45)56-42-57-54-23-8-12-29-62(54)69-61-28-11-7-22-53(61)55-24-15-25-58-63(55)64(66(57)69)65(56)67(58)38-13-14-39-67/h1-12,15-37,40-42H,13-14,38-39H2. The minimum absolute atomic E-state index is 0.0260. The molecule has 2 aliphatic carbocycles. The summed E-state index contributed by atoms with van der Waals surface area (Å²) in [6.07, 6.45) is 4.84. The monoisotopic (exact) mass is 878 g/mol. The second kappa shape index (κ2) is 14.8. The maximum Gasteiger partial charge on any atom is 0.0623 e. The second-order valence-electron chi connectivity index (χ2n) is 19.5. The average Bonchev–Trinajstić information content (AvgIpc) is 4.10. The Morgan fingerprint density at radius 1 is 0.377 bits per heavy atom. The van der Waals surface area contributed by atoms with Gasteiger partial charge in [-0.3, -0.25) is 0 Å². The van der Waals surface area contributed by atoms with Crippen LogP contribution in [0.5, 0.6) is 0 Å². The Bertz CT molecular complexity index is 4090. The number of hydrogen-bond acceptors (Lipinski definition) is 1. The summed E-state index contributed by atoms with van der Waals surface area (Å²) < 4.78 is 2.60. The van der Waals surface area contributed by atoms with Crippen molar-refractivity contribution in [3.63, 3.8) is 0 Å². The van der Waals surface area contributed by atoms with E-state index in [2.05, 4.69) is 240 Å². The van der Waals surface area contributed by atoms with Gasteiger partial charge in [0.25, 0.3) is 0 Å². The summed E-state index contributed by atoms with van der Waals surface area (Å²) in [5.41, 5.74) is 23.3. The van der Waals surface area contributed by atoms with Gasteiger partial charge in [-0.2, -0.15) is 0 Å². The fraction of sp³-hybridized carbons (Fsp3) is 0.0746. The summed E-state index contributed by atoms with van der Waals surface area (Å²) in [5, 5.41) is 7.56. The molecule has 0 N–H and O–H groups in total. The molecule has 3 aliphatic rings. The van der Waals surface area contributed by atoms with Crippen molar-refractivity contribution in [3.8, 4) is 61.3 Å². The first-order valence-corrected chi connectivity index (χ1v) is 24.6. The largest absolute Gasteiger partial charge is 0.309 e. The molecular weight excluding hydrogens is 833 g/mol. The Labute approximate surface area is 402 Å². The fourth-order valence-electron chi connectivity index (χ4n) is 13.1. The van der Waals surface area contributed by atoms with Crippen LogP contribution in [-0.2, 0) is 5.41 Å². The number of hydrogen-bond donors (Lipinski definition) is 0. The molecule has 2 heteroatoms. The fourth-order valence-corrected chi connectivity index (χ4v) is 13.1. The molecular formula is C67H46N2. The van der Waals surface area contributed by atoms with Gasteiger partial charge in [-0.25, -0.2) is 0 Å². The highest BCUT2D eigenvalue weighted by Gasteiger charge is 2.49. The molecule has 2 nitrogen and oxygen atoms in total. The highest BCUT2D eigenvalue weighted by atomic mass is 15.1. The Morgan fingerprint density at radius 2 is 0.942 bits per heavy atom. The SMILES string of the molecule is c1ccc(N(c2ccc3ccccc3c2)c2ccccc2-c2ccc3ccccc3c2)c(-c2ccc(-c3cc4c5ccccc5n5c4c4c3C3(CCCC3)c3cccc(c3-4)-c3ccccc3-5)cc2)c1. The van der Waals surface area contributed by atoms with Gasteiger partial charge in [0.15, 0.2) is 0 Å². The summed E-state index contributed by atoms with van der Waals surface area (Å²) in [5.74, 6) is 0. The molecule has 15 rings (SSSR count). The molecule has 11 aromatic carbocycles. The van der Waals surface area contributed by atoms with E-state index in [4.69, 9.17) is 0 Å². The van der Waals surface area contributed by atoms with Crippen LogP contribution >= 0.6 is 0 Å². The van der Waals surface area contributed by atoms with Crippen molar-refractivity contribution >= 4 is 60.4 Å².